The summed E-state index contributed by atoms with van der Waals surface area (Å²) < 4.78 is 6.83. The fourth-order valence-corrected chi connectivity index (χ4v) is 0.373. The summed E-state index contributed by atoms with van der Waals surface area (Å²) >= 11 is 0. The molecule has 0 aromatic rings. The molecule has 0 aromatic heterocycles. The van der Waals surface area contributed by atoms with Crippen LogP contribution in [-0.2, 0) is 4.79 Å². The number of rotatable bonds is 3. The van der Waals surface area contributed by atoms with E-state index in [1.54, 1.807) is 0 Å². The third kappa shape index (κ3) is 3.40. The second kappa shape index (κ2) is 4.37. The summed E-state index contributed by atoms with van der Waals surface area (Å²) in [6, 6.07) is 0.154. The van der Waals surface area contributed by atoms with Gasteiger partial charge in [-0.15, -0.1) is 6.58 Å². The van der Waals surface area contributed by atoms with Gasteiger partial charge in [0.1, 0.15) is 0 Å². The standard InChI is InChI=1S/C6H11NO/c1-3-5-6(8)7-4-2/h3H,1,4-5H2,2H3,(H,7,8)/i3D. The average molecular weight is 114 g/mol. The van der Waals surface area contributed by atoms with Crippen molar-refractivity contribution < 1.29 is 6.17 Å². The van der Waals surface area contributed by atoms with Crippen LogP contribution in [0.5, 0.6) is 0 Å². The zero-order chi connectivity index (χ0) is 7.28. The van der Waals surface area contributed by atoms with Crippen LogP contribution in [0, 0.1) is 0 Å². The quantitative estimate of drug-likeness (QED) is 0.537. The van der Waals surface area contributed by atoms with E-state index < -0.39 is 0 Å². The number of amides is 1. The maximum absolute atomic E-state index is 10.6. The number of carbonyl (C=O) groups excluding carboxylic acids is 1. The van der Waals surface area contributed by atoms with Crippen molar-refractivity contribution in [3.63, 3.8) is 0 Å². The molecule has 0 saturated carbocycles. The van der Waals surface area contributed by atoms with Gasteiger partial charge in [-0.1, -0.05) is 6.05 Å². The van der Waals surface area contributed by atoms with E-state index in [9.17, 15) is 4.79 Å². The Balaban J connectivity index is 3.39. The van der Waals surface area contributed by atoms with Crippen molar-refractivity contribution in [1.82, 2.24) is 5.32 Å². The van der Waals surface area contributed by atoms with Gasteiger partial charge >= 0.3 is 0 Å². The SMILES string of the molecule is [2H]C(=C)CC(=O)NCC. The van der Waals surface area contributed by atoms with Gasteiger partial charge in [-0.25, -0.2) is 0 Å². The lowest BCUT2D eigenvalue weighted by atomic mass is 10.4. The zero-order valence-electron chi connectivity index (χ0n) is 6.03. The highest BCUT2D eigenvalue weighted by atomic mass is 16.1. The third-order valence-corrected chi connectivity index (χ3v) is 0.660. The Labute approximate surface area is 51.0 Å². The van der Waals surface area contributed by atoms with Gasteiger partial charge in [0.05, 0.1) is 1.37 Å². The van der Waals surface area contributed by atoms with E-state index in [1.807, 2.05) is 6.92 Å². The van der Waals surface area contributed by atoms with E-state index in [-0.39, 0.29) is 18.4 Å². The van der Waals surface area contributed by atoms with E-state index in [0.29, 0.717) is 6.54 Å². The first-order chi connectivity index (χ1) is 4.16. The van der Waals surface area contributed by atoms with Crippen LogP contribution < -0.4 is 5.32 Å². The van der Waals surface area contributed by atoms with Crippen LogP contribution in [0.2, 0.25) is 0 Å². The summed E-state index contributed by atoms with van der Waals surface area (Å²) in [6.07, 6.45) is 0.119. The van der Waals surface area contributed by atoms with E-state index in [4.69, 9.17) is 1.37 Å². The average Bonchev–Trinajstić information content (AvgIpc) is 1.63. The lowest BCUT2D eigenvalue weighted by Crippen LogP contribution is -2.21. The van der Waals surface area contributed by atoms with Gasteiger partial charge in [0.2, 0.25) is 5.91 Å². The first-order valence-electron chi connectivity index (χ1n) is 3.08. The molecule has 0 saturated heterocycles. The summed E-state index contributed by atoms with van der Waals surface area (Å²) in [5.74, 6) is -0.127. The van der Waals surface area contributed by atoms with E-state index in [2.05, 4.69) is 11.9 Å². The van der Waals surface area contributed by atoms with Crippen molar-refractivity contribution in [1.29, 1.82) is 0 Å². The maximum atomic E-state index is 10.6. The molecular weight excluding hydrogens is 102 g/mol. The molecule has 0 radical (unpaired) electrons. The van der Waals surface area contributed by atoms with Gasteiger partial charge in [-0.05, 0) is 6.92 Å². The Kier molecular flexibility index (Phi) is 2.92. The molecule has 1 amide bonds. The molecule has 0 heterocycles. The Morgan fingerprint density at radius 3 is 3.12 bits per heavy atom. The van der Waals surface area contributed by atoms with Crippen molar-refractivity contribution in [2.75, 3.05) is 6.54 Å². The molecule has 8 heavy (non-hydrogen) atoms. The summed E-state index contributed by atoms with van der Waals surface area (Å²) in [4.78, 5) is 10.6. The van der Waals surface area contributed by atoms with Gasteiger partial charge in [0, 0.05) is 13.0 Å². The van der Waals surface area contributed by atoms with Gasteiger partial charge < -0.3 is 5.32 Å². The predicted octanol–water partition coefficient (Wildman–Crippen LogP) is 0.699. The molecule has 0 aliphatic heterocycles. The van der Waals surface area contributed by atoms with Crippen molar-refractivity contribution in [3.8, 4) is 0 Å². The Bertz CT molecular complexity index is 122. The number of carbonyl (C=O) groups is 1. The van der Waals surface area contributed by atoms with E-state index in [1.165, 1.54) is 0 Å². The lowest BCUT2D eigenvalue weighted by Gasteiger charge is -1.94. The maximum Gasteiger partial charge on any atom is 0.223 e. The van der Waals surface area contributed by atoms with Crippen LogP contribution in [0.3, 0.4) is 0 Å². The number of hydrogen-bond acceptors (Lipinski definition) is 1. The van der Waals surface area contributed by atoms with Crippen molar-refractivity contribution in [3.05, 3.63) is 12.6 Å². The second-order valence-electron chi connectivity index (χ2n) is 1.38. The van der Waals surface area contributed by atoms with Gasteiger partial charge in [-0.2, -0.15) is 0 Å². The first-order valence-corrected chi connectivity index (χ1v) is 2.58. The summed E-state index contributed by atoms with van der Waals surface area (Å²) in [5, 5.41) is 2.56. The molecule has 0 aliphatic carbocycles. The normalized spacial score (nSPS) is 9.88. The smallest absolute Gasteiger partial charge is 0.223 e. The zero-order valence-corrected chi connectivity index (χ0v) is 5.03. The molecule has 0 atom stereocenters. The van der Waals surface area contributed by atoms with Gasteiger partial charge in [0.15, 0.2) is 0 Å². The molecule has 2 nitrogen and oxygen atoms in total. The molecule has 1 N–H and O–H groups in total. The lowest BCUT2D eigenvalue weighted by molar-refractivity contribution is -0.120. The molecule has 0 bridgehead atoms. The molecule has 46 valence electrons. The van der Waals surface area contributed by atoms with Crippen LogP contribution in [0.1, 0.15) is 14.7 Å². The van der Waals surface area contributed by atoms with Crippen LogP contribution in [0.4, 0.5) is 0 Å². The predicted molar refractivity (Wildman–Crippen MR) is 33.5 cm³/mol. The molecule has 0 rings (SSSR count). The highest BCUT2D eigenvalue weighted by Crippen LogP contribution is 1.76. The van der Waals surface area contributed by atoms with Crippen molar-refractivity contribution in [2.45, 2.75) is 13.3 Å². The molecule has 0 spiro atoms. The van der Waals surface area contributed by atoms with Crippen LogP contribution >= 0.6 is 0 Å². The summed E-state index contributed by atoms with van der Waals surface area (Å²) in [7, 11) is 0. The molecule has 0 aliphatic rings. The monoisotopic (exact) mass is 114 g/mol. The number of hydrogen-bond donors (Lipinski definition) is 1. The van der Waals surface area contributed by atoms with Crippen LogP contribution in [0.25, 0.3) is 0 Å². The number of nitrogens with one attached hydrogen (secondary N) is 1. The van der Waals surface area contributed by atoms with Crippen LogP contribution in [-0.4, -0.2) is 12.5 Å². The fraction of sp³-hybridized carbons (Fsp3) is 0.500. The molecule has 2 heteroatoms. The van der Waals surface area contributed by atoms with E-state index in [0.717, 1.165) is 0 Å². The topological polar surface area (TPSA) is 29.1 Å². The van der Waals surface area contributed by atoms with Crippen molar-refractivity contribution in [2.24, 2.45) is 0 Å². The van der Waals surface area contributed by atoms with E-state index >= 15 is 0 Å². The second-order valence-corrected chi connectivity index (χ2v) is 1.38. The molecule has 0 unspecified atom stereocenters. The van der Waals surface area contributed by atoms with Gasteiger partial charge in [-0.3, -0.25) is 4.79 Å². The molecule has 0 aromatic carbocycles. The first kappa shape index (κ1) is 5.35. The van der Waals surface area contributed by atoms with Crippen LogP contribution in [0.15, 0.2) is 12.6 Å². The minimum atomic E-state index is -0.127. The van der Waals surface area contributed by atoms with Crippen molar-refractivity contribution >= 4 is 5.91 Å². The summed E-state index contributed by atoms with van der Waals surface area (Å²) in [6.45, 7) is 5.74. The largest absolute Gasteiger partial charge is 0.356 e. The Morgan fingerprint density at radius 2 is 2.75 bits per heavy atom. The minimum absolute atomic E-state index is 0.119. The molecule has 0 fully saturated rings. The molecular formula is C6H11NO. The Morgan fingerprint density at radius 1 is 2.12 bits per heavy atom. The fourth-order valence-electron chi connectivity index (χ4n) is 0.373. The minimum Gasteiger partial charge on any atom is -0.356 e. The third-order valence-electron chi connectivity index (χ3n) is 0.660. The highest BCUT2D eigenvalue weighted by molar-refractivity contribution is 5.77. The van der Waals surface area contributed by atoms with Gasteiger partial charge in [0.25, 0.3) is 0 Å². The summed E-state index contributed by atoms with van der Waals surface area (Å²) in [5.41, 5.74) is 0. The highest BCUT2D eigenvalue weighted by Gasteiger charge is 1.90. The Hall–Kier alpha value is -0.790.